The molecule has 24 heavy (non-hydrogen) atoms. The fourth-order valence-electron chi connectivity index (χ4n) is 2.12. The summed E-state index contributed by atoms with van der Waals surface area (Å²) in [4.78, 5) is 15.1. The maximum absolute atomic E-state index is 12.2. The van der Waals surface area contributed by atoms with Gasteiger partial charge in [-0.15, -0.1) is 11.3 Å². The molecule has 10 heteroatoms. The summed E-state index contributed by atoms with van der Waals surface area (Å²) >= 11 is 13.3. The number of halogens is 2. The fourth-order valence-corrected chi connectivity index (χ4v) is 4.11. The average molecular weight is 404 g/mol. The van der Waals surface area contributed by atoms with Crippen LogP contribution in [0.4, 0.5) is 0 Å². The highest BCUT2D eigenvalue weighted by molar-refractivity contribution is 7.89. The van der Waals surface area contributed by atoms with Gasteiger partial charge in [-0.25, -0.2) is 13.6 Å². The number of H-pyrrole nitrogens is 1. The summed E-state index contributed by atoms with van der Waals surface area (Å²) in [6, 6.07) is 7.64. The van der Waals surface area contributed by atoms with Gasteiger partial charge in [-0.2, -0.15) is 0 Å². The molecule has 0 spiro atoms. The van der Waals surface area contributed by atoms with Crippen LogP contribution in [-0.2, 0) is 16.6 Å². The van der Waals surface area contributed by atoms with E-state index in [1.807, 2.05) is 0 Å². The van der Waals surface area contributed by atoms with Crippen LogP contribution in [0.1, 0.15) is 16.1 Å². The van der Waals surface area contributed by atoms with E-state index in [1.54, 1.807) is 18.2 Å². The monoisotopic (exact) mass is 403 g/mol. The Labute approximate surface area is 151 Å². The molecule has 0 bridgehead atoms. The number of thiophene rings is 1. The van der Waals surface area contributed by atoms with Gasteiger partial charge in [0.2, 0.25) is 10.0 Å². The largest absolute Gasteiger partial charge is 0.349 e. The minimum absolute atomic E-state index is 0.0219. The average Bonchev–Trinajstić information content (AvgIpc) is 3.05. The van der Waals surface area contributed by atoms with Gasteiger partial charge in [-0.3, -0.25) is 4.79 Å². The third-order valence-electron chi connectivity index (χ3n) is 3.32. The molecule has 0 fully saturated rings. The van der Waals surface area contributed by atoms with Crippen molar-refractivity contribution < 1.29 is 13.2 Å². The molecular weight excluding hydrogens is 393 g/mol. The van der Waals surface area contributed by atoms with E-state index in [2.05, 4.69) is 10.3 Å². The highest BCUT2D eigenvalue weighted by atomic mass is 35.5. The lowest BCUT2D eigenvalue weighted by molar-refractivity contribution is 0.0946. The second-order valence-electron chi connectivity index (χ2n) is 4.98. The minimum Gasteiger partial charge on any atom is -0.349 e. The first-order valence-corrected chi connectivity index (χ1v) is 9.74. The summed E-state index contributed by atoms with van der Waals surface area (Å²) in [7, 11) is -3.72. The first kappa shape index (κ1) is 17.2. The van der Waals surface area contributed by atoms with Gasteiger partial charge in [0.05, 0.1) is 20.1 Å². The molecular formula is C14H11Cl2N3O3S2. The van der Waals surface area contributed by atoms with Gasteiger partial charge < -0.3 is 10.3 Å². The van der Waals surface area contributed by atoms with Crippen LogP contribution in [-0.4, -0.2) is 19.3 Å². The van der Waals surface area contributed by atoms with Crippen molar-refractivity contribution in [2.75, 3.05) is 0 Å². The van der Waals surface area contributed by atoms with Gasteiger partial charge in [-0.1, -0.05) is 35.3 Å². The molecule has 126 valence electrons. The number of hydrogen-bond donors (Lipinski definition) is 3. The Bertz CT molecular complexity index is 1020. The zero-order chi connectivity index (χ0) is 17.5. The predicted octanol–water partition coefficient (Wildman–Crippen LogP) is 3.11. The van der Waals surface area contributed by atoms with Crippen molar-refractivity contribution in [3.05, 3.63) is 50.9 Å². The van der Waals surface area contributed by atoms with Crippen molar-refractivity contribution in [2.45, 2.75) is 11.4 Å². The molecule has 6 nitrogen and oxygen atoms in total. The maximum Gasteiger partial charge on any atom is 0.268 e. The van der Waals surface area contributed by atoms with Crippen molar-refractivity contribution in [3.63, 3.8) is 0 Å². The van der Waals surface area contributed by atoms with Gasteiger partial charge >= 0.3 is 0 Å². The number of carbonyl (C=O) groups excluding carboxylic acids is 1. The lowest BCUT2D eigenvalue weighted by atomic mass is 10.2. The number of benzene rings is 1. The van der Waals surface area contributed by atoms with Crippen LogP contribution in [0.15, 0.2) is 35.2 Å². The number of aromatic amines is 1. The fraction of sp³-hybridized carbons (Fsp3) is 0.0714. The molecule has 2 aromatic heterocycles. The summed E-state index contributed by atoms with van der Waals surface area (Å²) in [6.07, 6.45) is 0. The lowest BCUT2D eigenvalue weighted by Gasteiger charge is -2.05. The van der Waals surface area contributed by atoms with Gasteiger partial charge in [0.15, 0.2) is 0 Å². The molecule has 3 rings (SSSR count). The zero-order valence-electron chi connectivity index (χ0n) is 12.0. The number of fused-ring (bicyclic) bond motifs is 1. The van der Waals surface area contributed by atoms with Crippen LogP contribution in [0.25, 0.3) is 10.2 Å². The third-order valence-corrected chi connectivity index (χ3v) is 6.18. The predicted molar refractivity (Wildman–Crippen MR) is 95.2 cm³/mol. The van der Waals surface area contributed by atoms with Crippen LogP contribution in [0.5, 0.6) is 0 Å². The standard InChI is InChI=1S/C14H11Cl2N3O3S2/c15-11-12-10(23-13(11)16)5-9(19-12)14(20)18-6-7-1-3-8(4-2-7)24(17,21)22/h1-5,19H,6H2,(H,18,20)(H2,17,21,22). The molecule has 0 aliphatic heterocycles. The van der Waals surface area contributed by atoms with Crippen LogP contribution < -0.4 is 10.5 Å². The van der Waals surface area contributed by atoms with E-state index in [9.17, 15) is 13.2 Å². The number of rotatable bonds is 4. The van der Waals surface area contributed by atoms with Crippen LogP contribution in [0.3, 0.4) is 0 Å². The van der Waals surface area contributed by atoms with E-state index in [0.717, 1.165) is 10.3 Å². The maximum atomic E-state index is 12.2. The van der Waals surface area contributed by atoms with E-state index in [0.29, 0.717) is 20.6 Å². The van der Waals surface area contributed by atoms with E-state index in [-0.39, 0.29) is 17.3 Å². The number of nitrogens with one attached hydrogen (secondary N) is 2. The second-order valence-corrected chi connectivity index (χ2v) is 8.58. The van der Waals surface area contributed by atoms with Crippen molar-refractivity contribution in [3.8, 4) is 0 Å². The SMILES string of the molecule is NS(=O)(=O)c1ccc(CNC(=O)c2cc3sc(Cl)c(Cl)c3[nH]2)cc1. The summed E-state index contributed by atoms with van der Waals surface area (Å²) < 4.78 is 23.7. The Hall–Kier alpha value is -1.58. The number of nitrogens with two attached hydrogens (primary N) is 1. The zero-order valence-corrected chi connectivity index (χ0v) is 15.1. The topological polar surface area (TPSA) is 105 Å². The van der Waals surface area contributed by atoms with E-state index >= 15 is 0 Å². The summed E-state index contributed by atoms with van der Waals surface area (Å²) in [5.41, 5.74) is 1.75. The molecule has 1 amide bonds. The first-order chi connectivity index (χ1) is 11.3. The number of sulfonamides is 1. The van der Waals surface area contributed by atoms with E-state index in [1.165, 1.54) is 23.5 Å². The van der Waals surface area contributed by atoms with Gasteiger partial charge in [0.25, 0.3) is 5.91 Å². The minimum atomic E-state index is -3.72. The van der Waals surface area contributed by atoms with Crippen LogP contribution in [0, 0.1) is 0 Å². The summed E-state index contributed by atoms with van der Waals surface area (Å²) in [6.45, 7) is 0.241. The van der Waals surface area contributed by atoms with Crippen LogP contribution in [0.2, 0.25) is 9.36 Å². The van der Waals surface area contributed by atoms with Crippen molar-refractivity contribution in [1.29, 1.82) is 0 Å². The molecule has 0 unspecified atom stereocenters. The summed E-state index contributed by atoms with van der Waals surface area (Å²) in [5, 5.41) is 8.17. The second kappa shape index (κ2) is 6.38. The molecule has 0 saturated carbocycles. The molecule has 0 aliphatic rings. The van der Waals surface area contributed by atoms with Gasteiger partial charge in [0, 0.05) is 6.54 Å². The van der Waals surface area contributed by atoms with E-state index < -0.39 is 10.0 Å². The third kappa shape index (κ3) is 3.42. The summed E-state index contributed by atoms with van der Waals surface area (Å²) in [5.74, 6) is -0.305. The Balaban J connectivity index is 1.70. The van der Waals surface area contributed by atoms with Gasteiger partial charge in [-0.05, 0) is 23.8 Å². The van der Waals surface area contributed by atoms with Crippen molar-refractivity contribution in [1.82, 2.24) is 10.3 Å². The van der Waals surface area contributed by atoms with E-state index in [4.69, 9.17) is 28.3 Å². The van der Waals surface area contributed by atoms with Crippen molar-refractivity contribution >= 4 is 60.7 Å². The Morgan fingerprint density at radius 3 is 2.50 bits per heavy atom. The number of primary sulfonamides is 1. The number of carbonyl (C=O) groups is 1. The molecule has 1 aromatic carbocycles. The Morgan fingerprint density at radius 1 is 1.25 bits per heavy atom. The molecule has 0 aliphatic carbocycles. The molecule has 3 aromatic rings. The molecule has 0 saturated heterocycles. The number of hydrogen-bond acceptors (Lipinski definition) is 4. The molecule has 2 heterocycles. The Morgan fingerprint density at radius 2 is 1.92 bits per heavy atom. The number of aromatic nitrogens is 1. The quantitative estimate of drug-likeness (QED) is 0.622. The normalized spacial score (nSPS) is 11.8. The number of amides is 1. The van der Waals surface area contributed by atoms with Crippen LogP contribution >= 0.6 is 34.5 Å². The molecule has 0 atom stereocenters. The first-order valence-electron chi connectivity index (χ1n) is 6.62. The Kier molecular flexibility index (Phi) is 4.58. The van der Waals surface area contributed by atoms with Crippen molar-refractivity contribution in [2.24, 2.45) is 5.14 Å². The lowest BCUT2D eigenvalue weighted by Crippen LogP contribution is -2.23. The molecule has 0 radical (unpaired) electrons. The van der Waals surface area contributed by atoms with Gasteiger partial charge in [0.1, 0.15) is 10.0 Å². The smallest absolute Gasteiger partial charge is 0.268 e. The highest BCUT2D eigenvalue weighted by Crippen LogP contribution is 2.38. The highest BCUT2D eigenvalue weighted by Gasteiger charge is 2.15. The molecule has 4 N–H and O–H groups in total.